The third-order valence-electron chi connectivity index (χ3n) is 2.65. The zero-order valence-corrected chi connectivity index (χ0v) is 12.6. The average Bonchev–Trinajstić information content (AvgIpc) is 3.17. The second-order valence-corrected chi connectivity index (χ2v) is 6.02. The van der Waals surface area contributed by atoms with E-state index >= 15 is 0 Å². The number of hydrogen-bond acceptors (Lipinski definition) is 7. The van der Waals surface area contributed by atoms with Gasteiger partial charge in [0.1, 0.15) is 5.69 Å². The number of anilines is 1. The first-order chi connectivity index (χ1) is 10.6. The van der Waals surface area contributed by atoms with Gasteiger partial charge in [-0.15, -0.1) is 11.3 Å². The molecular weight excluding hydrogens is 324 g/mol. The summed E-state index contributed by atoms with van der Waals surface area (Å²) in [6, 6.07) is 8.21. The molecule has 3 rings (SSSR count). The number of carbonyl (C=O) groups excluding carboxylic acids is 1. The molecule has 0 atom stereocenters. The minimum absolute atomic E-state index is 0.0709. The van der Waals surface area contributed by atoms with Crippen LogP contribution < -0.4 is 5.32 Å². The predicted octanol–water partition coefficient (Wildman–Crippen LogP) is 3.43. The molecule has 0 saturated carbocycles. The molecule has 3 aromatic heterocycles. The van der Waals surface area contributed by atoms with Gasteiger partial charge in [-0.1, -0.05) is 17.4 Å². The molecular formula is C13H8N4O3S2. The van der Waals surface area contributed by atoms with Crippen molar-refractivity contribution in [2.24, 2.45) is 0 Å². The van der Waals surface area contributed by atoms with Crippen LogP contribution in [0.5, 0.6) is 0 Å². The number of amides is 1. The van der Waals surface area contributed by atoms with Crippen LogP contribution in [-0.2, 0) is 0 Å². The fourth-order valence-corrected chi connectivity index (χ4v) is 3.08. The Kier molecular flexibility index (Phi) is 3.90. The van der Waals surface area contributed by atoms with E-state index in [1.54, 1.807) is 11.6 Å². The first-order valence-electron chi connectivity index (χ1n) is 6.06. The minimum Gasteiger partial charge on any atom is -0.297 e. The summed E-state index contributed by atoms with van der Waals surface area (Å²) in [5, 5.41) is 15.4. The lowest BCUT2D eigenvalue weighted by Crippen LogP contribution is -2.09. The van der Waals surface area contributed by atoms with E-state index in [4.69, 9.17) is 0 Å². The molecule has 1 N–H and O–H groups in total. The Labute approximate surface area is 132 Å². The lowest BCUT2D eigenvalue weighted by Gasteiger charge is -1.97. The number of carbonyl (C=O) groups is 1. The number of thiazole rings is 1. The number of hydrogen-bond donors (Lipinski definition) is 1. The van der Waals surface area contributed by atoms with Crippen LogP contribution in [0.4, 0.5) is 10.1 Å². The molecule has 1 amide bonds. The quantitative estimate of drug-likeness (QED) is 0.583. The van der Waals surface area contributed by atoms with Crippen LogP contribution in [0.1, 0.15) is 9.67 Å². The number of nitrogens with one attached hydrogen (secondary N) is 1. The highest BCUT2D eigenvalue weighted by Gasteiger charge is 2.16. The van der Waals surface area contributed by atoms with E-state index in [0.717, 1.165) is 11.3 Å². The molecule has 0 fully saturated rings. The largest absolute Gasteiger partial charge is 0.324 e. The first-order valence-corrected chi connectivity index (χ1v) is 7.75. The van der Waals surface area contributed by atoms with E-state index in [9.17, 15) is 14.9 Å². The third-order valence-corrected chi connectivity index (χ3v) is 4.44. The Morgan fingerprint density at radius 1 is 1.23 bits per heavy atom. The first kappa shape index (κ1) is 14.3. The van der Waals surface area contributed by atoms with Gasteiger partial charge in [0.15, 0.2) is 5.13 Å². The smallest absolute Gasteiger partial charge is 0.297 e. The monoisotopic (exact) mass is 332 g/mol. The lowest BCUT2D eigenvalue weighted by molar-refractivity contribution is -0.380. The van der Waals surface area contributed by atoms with E-state index < -0.39 is 10.8 Å². The predicted molar refractivity (Wildman–Crippen MR) is 84.3 cm³/mol. The van der Waals surface area contributed by atoms with Crippen LogP contribution >= 0.6 is 22.7 Å². The van der Waals surface area contributed by atoms with Gasteiger partial charge in [0.2, 0.25) is 0 Å². The fraction of sp³-hybridized carbons (Fsp3) is 0. The summed E-state index contributed by atoms with van der Waals surface area (Å²) >= 11 is 2.09. The summed E-state index contributed by atoms with van der Waals surface area (Å²) in [4.78, 5) is 30.9. The van der Waals surface area contributed by atoms with Gasteiger partial charge in [-0.2, -0.15) is 0 Å². The molecule has 7 nitrogen and oxygen atoms in total. The molecule has 22 heavy (non-hydrogen) atoms. The molecule has 3 aromatic rings. The van der Waals surface area contributed by atoms with Gasteiger partial charge in [-0.05, 0) is 18.2 Å². The van der Waals surface area contributed by atoms with Crippen LogP contribution in [0.25, 0.3) is 11.4 Å². The zero-order valence-electron chi connectivity index (χ0n) is 10.9. The van der Waals surface area contributed by atoms with Crippen molar-refractivity contribution in [2.75, 3.05) is 5.32 Å². The van der Waals surface area contributed by atoms with Crippen LogP contribution in [-0.4, -0.2) is 20.8 Å². The molecule has 0 aliphatic carbocycles. The minimum atomic E-state index is -0.524. The van der Waals surface area contributed by atoms with Gasteiger partial charge in [-0.3, -0.25) is 25.2 Å². The van der Waals surface area contributed by atoms with E-state index in [2.05, 4.69) is 15.3 Å². The van der Waals surface area contributed by atoms with Crippen molar-refractivity contribution in [3.05, 3.63) is 56.9 Å². The summed E-state index contributed by atoms with van der Waals surface area (Å²) in [6.07, 6.45) is 1.66. The normalized spacial score (nSPS) is 10.4. The van der Waals surface area contributed by atoms with Crippen molar-refractivity contribution >= 4 is 38.7 Å². The van der Waals surface area contributed by atoms with Crippen LogP contribution in [0.15, 0.2) is 41.9 Å². The molecule has 110 valence electrons. The highest BCUT2D eigenvalue weighted by Crippen LogP contribution is 2.27. The van der Waals surface area contributed by atoms with Gasteiger partial charge in [0.05, 0.1) is 15.5 Å². The van der Waals surface area contributed by atoms with E-state index in [1.807, 2.05) is 18.2 Å². The van der Waals surface area contributed by atoms with Crippen LogP contribution in [0, 0.1) is 10.1 Å². The van der Waals surface area contributed by atoms with Gasteiger partial charge in [-0.25, -0.2) is 4.98 Å². The average molecular weight is 332 g/mol. The topological polar surface area (TPSA) is 98.0 Å². The maximum absolute atomic E-state index is 12.0. The molecule has 0 bridgehead atoms. The van der Waals surface area contributed by atoms with Crippen molar-refractivity contribution < 1.29 is 9.72 Å². The molecule has 0 spiro atoms. The molecule has 0 saturated heterocycles. The Morgan fingerprint density at radius 3 is 2.77 bits per heavy atom. The molecule has 0 unspecified atom stereocenters. The number of aromatic nitrogens is 2. The van der Waals surface area contributed by atoms with Crippen molar-refractivity contribution in [1.29, 1.82) is 0 Å². The summed E-state index contributed by atoms with van der Waals surface area (Å²) in [5.41, 5.74) is 1.38. The van der Waals surface area contributed by atoms with Crippen molar-refractivity contribution in [2.45, 2.75) is 0 Å². The Morgan fingerprint density at radius 2 is 2.09 bits per heavy atom. The van der Waals surface area contributed by atoms with Gasteiger partial charge < -0.3 is 0 Å². The SMILES string of the molecule is O=C(Nc1nc(-c2ccccn2)cs1)c1ccc([N+](=O)[O-])s1. The van der Waals surface area contributed by atoms with Gasteiger partial charge in [0.25, 0.3) is 5.91 Å². The molecule has 0 radical (unpaired) electrons. The third kappa shape index (κ3) is 3.00. The van der Waals surface area contributed by atoms with Crippen LogP contribution in [0.2, 0.25) is 0 Å². The van der Waals surface area contributed by atoms with E-state index in [-0.39, 0.29) is 9.88 Å². The summed E-state index contributed by atoms with van der Waals surface area (Å²) < 4.78 is 0. The van der Waals surface area contributed by atoms with Gasteiger partial charge >= 0.3 is 5.00 Å². The molecule has 0 aromatic carbocycles. The summed E-state index contributed by atoms with van der Waals surface area (Å²) in [5.74, 6) is -0.417. The highest BCUT2D eigenvalue weighted by atomic mass is 32.1. The molecule has 9 heteroatoms. The molecule has 0 aliphatic rings. The maximum Gasteiger partial charge on any atom is 0.324 e. The number of pyridine rings is 1. The second kappa shape index (κ2) is 6.00. The Bertz CT molecular complexity index is 829. The number of rotatable bonds is 4. The van der Waals surface area contributed by atoms with Crippen molar-refractivity contribution in [3.63, 3.8) is 0 Å². The van der Waals surface area contributed by atoms with Gasteiger partial charge in [0, 0.05) is 17.6 Å². The van der Waals surface area contributed by atoms with Crippen LogP contribution in [0.3, 0.4) is 0 Å². The fourth-order valence-electron chi connectivity index (χ4n) is 1.67. The second-order valence-electron chi connectivity index (χ2n) is 4.10. The standard InChI is InChI=1S/C13H8N4O3S2/c18-12(10-4-5-11(22-10)17(19)20)16-13-15-9(7-21-13)8-3-1-2-6-14-8/h1-7H,(H,15,16,18). The Balaban J connectivity index is 1.74. The summed E-state index contributed by atoms with van der Waals surface area (Å²) in [7, 11) is 0. The molecule has 3 heterocycles. The maximum atomic E-state index is 12.0. The number of nitrogens with zero attached hydrogens (tertiary/aromatic N) is 3. The van der Waals surface area contributed by atoms with Crippen molar-refractivity contribution in [3.8, 4) is 11.4 Å². The lowest BCUT2D eigenvalue weighted by atomic mass is 10.3. The zero-order chi connectivity index (χ0) is 15.5. The van der Waals surface area contributed by atoms with E-state index in [1.165, 1.54) is 23.5 Å². The van der Waals surface area contributed by atoms with E-state index in [0.29, 0.717) is 16.5 Å². The van der Waals surface area contributed by atoms with Crippen molar-refractivity contribution in [1.82, 2.24) is 9.97 Å². The summed E-state index contributed by atoms with van der Waals surface area (Å²) in [6.45, 7) is 0. The molecule has 0 aliphatic heterocycles. The number of thiophene rings is 1. The number of nitro groups is 1. The highest BCUT2D eigenvalue weighted by molar-refractivity contribution is 7.17. The Hall–Kier alpha value is -2.65.